The zero-order chi connectivity index (χ0) is 13.4. The van der Waals surface area contributed by atoms with Crippen LogP contribution in [0.3, 0.4) is 0 Å². The third kappa shape index (κ3) is 1.95. The first-order valence-corrected chi connectivity index (χ1v) is 5.45. The van der Waals surface area contributed by atoms with Crippen molar-refractivity contribution < 1.29 is 24.9 Å². The molecule has 7 N–H and O–H groups in total. The van der Waals surface area contributed by atoms with Gasteiger partial charge in [0, 0.05) is 0 Å². The van der Waals surface area contributed by atoms with Crippen LogP contribution >= 0.6 is 0 Å². The number of carbonyl (C=O) groups excluding carboxylic acids is 1. The molecule has 0 radical (unpaired) electrons. The van der Waals surface area contributed by atoms with Gasteiger partial charge in [0.25, 0.3) is 0 Å². The molecule has 0 aliphatic carbocycles. The van der Waals surface area contributed by atoms with E-state index in [-0.39, 0.29) is 0 Å². The predicted molar refractivity (Wildman–Crippen MR) is 59.0 cm³/mol. The zero-order valence-electron chi connectivity index (χ0n) is 9.46. The van der Waals surface area contributed by atoms with Crippen molar-refractivity contribution in [1.82, 2.24) is 4.90 Å². The molecule has 2 rings (SSSR count). The molecular formula is C9H16N4O5. The van der Waals surface area contributed by atoms with Crippen molar-refractivity contribution in [1.29, 1.82) is 0 Å². The van der Waals surface area contributed by atoms with Gasteiger partial charge in [-0.05, 0) is 0 Å². The van der Waals surface area contributed by atoms with E-state index in [1.165, 1.54) is 11.2 Å². The summed E-state index contributed by atoms with van der Waals surface area (Å²) in [6.07, 6.45) is -3.98. The molecule has 102 valence electrons. The molecule has 2 aliphatic rings. The Morgan fingerprint density at radius 1 is 1.44 bits per heavy atom. The lowest BCUT2D eigenvalue weighted by Crippen LogP contribution is -2.55. The van der Waals surface area contributed by atoms with Gasteiger partial charge in [0.05, 0.1) is 12.9 Å². The molecule has 18 heavy (non-hydrogen) atoms. The maximum atomic E-state index is 11.0. The second-order valence-electron chi connectivity index (χ2n) is 4.28. The molecule has 1 saturated heterocycles. The number of rotatable bonds is 3. The van der Waals surface area contributed by atoms with Gasteiger partial charge in [-0.1, -0.05) is 0 Å². The Kier molecular flexibility index (Phi) is 3.50. The Labute approximate surface area is 103 Å². The lowest BCUT2D eigenvalue weighted by molar-refractivity contribution is -0.121. The number of ether oxygens (including phenoxy) is 1. The van der Waals surface area contributed by atoms with Crippen molar-refractivity contribution in [3.05, 3.63) is 0 Å². The van der Waals surface area contributed by atoms with Crippen LogP contribution in [0, 0.1) is 0 Å². The van der Waals surface area contributed by atoms with Crippen molar-refractivity contribution in [3.8, 4) is 0 Å². The molecule has 2 heterocycles. The normalized spacial score (nSPS) is 43.7. The highest BCUT2D eigenvalue weighted by molar-refractivity contribution is 5.84. The van der Waals surface area contributed by atoms with Crippen molar-refractivity contribution in [2.45, 2.75) is 36.7 Å². The summed E-state index contributed by atoms with van der Waals surface area (Å²) in [5, 5.41) is 28.4. The number of aliphatic hydroxyl groups excluding tert-OH is 3. The quantitative estimate of drug-likeness (QED) is 0.345. The van der Waals surface area contributed by atoms with Crippen LogP contribution in [0.1, 0.15) is 0 Å². The first-order chi connectivity index (χ1) is 8.47. The van der Waals surface area contributed by atoms with Gasteiger partial charge in [-0.25, -0.2) is 0 Å². The molecule has 6 atom stereocenters. The number of nitrogens with two attached hydrogens (primary N) is 2. The number of primary amides is 1. The van der Waals surface area contributed by atoms with Crippen LogP contribution in [0.2, 0.25) is 0 Å². The first kappa shape index (κ1) is 13.2. The van der Waals surface area contributed by atoms with Gasteiger partial charge >= 0.3 is 0 Å². The Balaban J connectivity index is 2.10. The van der Waals surface area contributed by atoms with Crippen molar-refractivity contribution in [2.24, 2.45) is 16.5 Å². The third-order valence-corrected chi connectivity index (χ3v) is 3.13. The highest BCUT2D eigenvalue weighted by Crippen LogP contribution is 2.26. The Morgan fingerprint density at radius 3 is 2.56 bits per heavy atom. The minimum Gasteiger partial charge on any atom is -0.394 e. The summed E-state index contributed by atoms with van der Waals surface area (Å²) in [7, 11) is 0. The number of amides is 1. The summed E-state index contributed by atoms with van der Waals surface area (Å²) < 4.78 is 5.27. The summed E-state index contributed by atoms with van der Waals surface area (Å²) in [4.78, 5) is 16.2. The van der Waals surface area contributed by atoms with Gasteiger partial charge in [-0.3, -0.25) is 9.79 Å². The zero-order valence-corrected chi connectivity index (χ0v) is 9.46. The van der Waals surface area contributed by atoms with E-state index in [4.69, 9.17) is 21.3 Å². The molecule has 0 aromatic rings. The van der Waals surface area contributed by atoms with Crippen LogP contribution in [-0.4, -0.2) is 75.8 Å². The predicted octanol–water partition coefficient (Wildman–Crippen LogP) is -4.09. The average molecular weight is 260 g/mol. The number of aliphatic imine (C=N–C) groups is 1. The fourth-order valence-corrected chi connectivity index (χ4v) is 2.08. The van der Waals surface area contributed by atoms with E-state index in [1.807, 2.05) is 0 Å². The molecule has 0 spiro atoms. The Morgan fingerprint density at radius 2 is 2.11 bits per heavy atom. The maximum absolute atomic E-state index is 11.0. The molecule has 0 aromatic carbocycles. The Bertz CT molecular complexity index is 365. The van der Waals surface area contributed by atoms with E-state index < -0.39 is 49.3 Å². The molecule has 1 fully saturated rings. The lowest BCUT2D eigenvalue weighted by Gasteiger charge is -2.30. The molecule has 0 bridgehead atoms. The minimum atomic E-state index is -1.26. The first-order valence-electron chi connectivity index (χ1n) is 5.45. The topological polar surface area (TPSA) is 155 Å². The summed E-state index contributed by atoms with van der Waals surface area (Å²) in [5.41, 5.74) is 10.9. The van der Waals surface area contributed by atoms with Crippen LogP contribution in [-0.2, 0) is 9.53 Å². The second kappa shape index (κ2) is 4.78. The molecule has 2 aliphatic heterocycles. The highest BCUT2D eigenvalue weighted by atomic mass is 16.6. The van der Waals surface area contributed by atoms with Crippen LogP contribution in [0.4, 0.5) is 0 Å². The molecule has 9 heteroatoms. The van der Waals surface area contributed by atoms with Gasteiger partial charge < -0.3 is 36.4 Å². The van der Waals surface area contributed by atoms with Crippen LogP contribution in [0.15, 0.2) is 4.99 Å². The molecule has 0 saturated carbocycles. The summed E-state index contributed by atoms with van der Waals surface area (Å²) in [6, 6.07) is -0.925. The van der Waals surface area contributed by atoms with Crippen LogP contribution < -0.4 is 11.5 Å². The minimum absolute atomic E-state index is 0.436. The van der Waals surface area contributed by atoms with Gasteiger partial charge in [0.1, 0.15) is 24.5 Å². The van der Waals surface area contributed by atoms with E-state index in [9.17, 15) is 15.0 Å². The molecule has 9 nitrogen and oxygen atoms in total. The van der Waals surface area contributed by atoms with E-state index in [1.54, 1.807) is 0 Å². The van der Waals surface area contributed by atoms with Crippen molar-refractivity contribution in [3.63, 3.8) is 0 Å². The monoisotopic (exact) mass is 260 g/mol. The van der Waals surface area contributed by atoms with E-state index in [0.29, 0.717) is 0 Å². The van der Waals surface area contributed by atoms with Crippen molar-refractivity contribution in [2.75, 3.05) is 6.61 Å². The largest absolute Gasteiger partial charge is 0.394 e. The van der Waals surface area contributed by atoms with E-state index in [0.717, 1.165) is 0 Å². The Hall–Kier alpha value is -1.26. The molecule has 0 aromatic heterocycles. The van der Waals surface area contributed by atoms with E-state index in [2.05, 4.69) is 4.99 Å². The molecule has 1 amide bonds. The lowest BCUT2D eigenvalue weighted by atomic mass is 10.1. The highest BCUT2D eigenvalue weighted by Gasteiger charge is 2.48. The number of hydrogen-bond acceptors (Lipinski definition) is 8. The maximum Gasteiger partial charge on any atom is 0.245 e. The van der Waals surface area contributed by atoms with Gasteiger partial charge in [0.15, 0.2) is 12.3 Å². The third-order valence-electron chi connectivity index (χ3n) is 3.13. The fourth-order valence-electron chi connectivity index (χ4n) is 2.08. The SMILES string of the molecule is NC(=O)C1N=CN(C2OC(CO)C(O)C2O)C1N. The fraction of sp³-hybridized carbons (Fsp3) is 0.778. The van der Waals surface area contributed by atoms with Gasteiger partial charge in [-0.15, -0.1) is 0 Å². The molecular weight excluding hydrogens is 244 g/mol. The number of carbonyl (C=O) groups is 1. The summed E-state index contributed by atoms with van der Waals surface area (Å²) >= 11 is 0. The van der Waals surface area contributed by atoms with Crippen LogP contribution in [0.25, 0.3) is 0 Å². The van der Waals surface area contributed by atoms with Gasteiger partial charge in [-0.2, -0.15) is 0 Å². The number of hydrogen-bond donors (Lipinski definition) is 5. The standard InChI is InChI=1S/C9H16N4O5/c10-7-4(8(11)17)12-2-13(7)9-6(16)5(15)3(1-14)18-9/h2-7,9,14-16H,1,10H2,(H2,11,17). The molecule has 6 unspecified atom stereocenters. The van der Waals surface area contributed by atoms with Crippen LogP contribution in [0.5, 0.6) is 0 Å². The van der Waals surface area contributed by atoms with Crippen molar-refractivity contribution >= 4 is 12.2 Å². The average Bonchev–Trinajstić information content (AvgIpc) is 2.82. The van der Waals surface area contributed by atoms with E-state index >= 15 is 0 Å². The summed E-state index contributed by atoms with van der Waals surface area (Å²) in [5.74, 6) is -0.687. The summed E-state index contributed by atoms with van der Waals surface area (Å²) in [6.45, 7) is -0.436. The smallest absolute Gasteiger partial charge is 0.245 e. The number of aliphatic hydroxyl groups is 3. The van der Waals surface area contributed by atoms with Gasteiger partial charge in [0.2, 0.25) is 5.91 Å². The number of nitrogens with zero attached hydrogens (tertiary/aromatic N) is 2. The second-order valence-corrected chi connectivity index (χ2v) is 4.28.